The summed E-state index contributed by atoms with van der Waals surface area (Å²) in [7, 11) is 0. The van der Waals surface area contributed by atoms with E-state index in [2.05, 4.69) is 14.7 Å². The second-order valence-corrected chi connectivity index (χ2v) is 5.98. The Bertz CT molecular complexity index is 916. The summed E-state index contributed by atoms with van der Waals surface area (Å²) < 4.78 is 3.88. The maximum atomic E-state index is 6.00. The van der Waals surface area contributed by atoms with E-state index in [1.165, 1.54) is 0 Å². The van der Waals surface area contributed by atoms with Crippen molar-refractivity contribution < 1.29 is 0 Å². The van der Waals surface area contributed by atoms with Crippen LogP contribution < -0.4 is 5.73 Å². The van der Waals surface area contributed by atoms with E-state index in [-0.39, 0.29) is 6.04 Å². The third kappa shape index (κ3) is 1.93. The van der Waals surface area contributed by atoms with Crippen LogP contribution in [0, 0.1) is 0 Å². The maximum absolute atomic E-state index is 6.00. The number of hydrogen-bond donors (Lipinski definition) is 1. The van der Waals surface area contributed by atoms with Crippen LogP contribution in [-0.2, 0) is 6.42 Å². The largest absolute Gasteiger partial charge is 0.328 e. The molecule has 3 aromatic heterocycles. The summed E-state index contributed by atoms with van der Waals surface area (Å²) >= 11 is 1.60. The first-order valence-corrected chi connectivity index (χ1v) is 7.63. The number of nitrogens with two attached hydrogens (primary N) is 1. The van der Waals surface area contributed by atoms with Gasteiger partial charge in [-0.05, 0) is 19.1 Å². The number of benzene rings is 1. The fourth-order valence-corrected chi connectivity index (χ4v) is 3.24. The van der Waals surface area contributed by atoms with Crippen LogP contribution in [0.5, 0.6) is 0 Å². The molecule has 1 atom stereocenters. The monoisotopic (exact) mass is 298 g/mol. The number of fused-ring (bicyclic) bond motifs is 2. The van der Waals surface area contributed by atoms with Gasteiger partial charge in [0.1, 0.15) is 5.52 Å². The van der Waals surface area contributed by atoms with E-state index in [0.29, 0.717) is 0 Å². The Morgan fingerprint density at radius 1 is 1.33 bits per heavy atom. The zero-order chi connectivity index (χ0) is 14.4. The Labute approximate surface area is 124 Å². The molecule has 1 aromatic carbocycles. The van der Waals surface area contributed by atoms with E-state index in [1.54, 1.807) is 16.0 Å². The summed E-state index contributed by atoms with van der Waals surface area (Å²) in [6.45, 7) is 2.00. The summed E-state index contributed by atoms with van der Waals surface area (Å²) in [5, 5.41) is 10.5. The summed E-state index contributed by atoms with van der Waals surface area (Å²) in [6, 6.07) is 7.93. The van der Waals surface area contributed by atoms with E-state index in [1.807, 2.05) is 42.8 Å². The van der Waals surface area contributed by atoms with Crippen LogP contribution in [-0.4, -0.2) is 30.4 Å². The van der Waals surface area contributed by atoms with Gasteiger partial charge >= 0.3 is 0 Å². The quantitative estimate of drug-likeness (QED) is 0.628. The molecule has 0 aliphatic heterocycles. The highest BCUT2D eigenvalue weighted by molar-refractivity contribution is 7.15. The molecule has 21 heavy (non-hydrogen) atoms. The van der Waals surface area contributed by atoms with Crippen LogP contribution in [0.15, 0.2) is 35.8 Å². The Morgan fingerprint density at radius 3 is 3.05 bits per heavy atom. The lowest BCUT2D eigenvalue weighted by Crippen LogP contribution is -2.20. The van der Waals surface area contributed by atoms with Crippen molar-refractivity contribution in [3.63, 3.8) is 0 Å². The van der Waals surface area contributed by atoms with E-state index >= 15 is 0 Å². The molecule has 1 unspecified atom stereocenters. The molecular weight excluding hydrogens is 284 g/mol. The van der Waals surface area contributed by atoms with Gasteiger partial charge in [-0.25, -0.2) is 0 Å². The van der Waals surface area contributed by atoms with Crippen molar-refractivity contribution in [2.75, 3.05) is 0 Å². The number of imidazole rings is 1. The lowest BCUT2D eigenvalue weighted by molar-refractivity contribution is 0.703. The fraction of sp³-hybridized carbons (Fsp3) is 0.214. The van der Waals surface area contributed by atoms with Crippen molar-refractivity contribution >= 4 is 27.3 Å². The predicted octanol–water partition coefficient (Wildman–Crippen LogP) is 2.02. The van der Waals surface area contributed by atoms with E-state index in [9.17, 15) is 0 Å². The number of thiazole rings is 1. The Balaban J connectivity index is 1.99. The van der Waals surface area contributed by atoms with Crippen LogP contribution in [0.3, 0.4) is 0 Å². The van der Waals surface area contributed by atoms with Gasteiger partial charge in [0.25, 0.3) is 0 Å². The molecular formula is C14H14N6S. The standard InChI is InChI=1S/C14H14N6S/c1-9(15)8-12-13(16-14-19(12)6-7-21-14)20-11-5-3-2-4-10(11)17-18-20/h2-7,9H,8,15H2,1H3. The molecule has 106 valence electrons. The Hall–Kier alpha value is -2.25. The molecule has 7 heteroatoms. The molecule has 3 heterocycles. The molecule has 0 radical (unpaired) electrons. The minimum atomic E-state index is 0.0540. The highest BCUT2D eigenvalue weighted by Crippen LogP contribution is 2.23. The van der Waals surface area contributed by atoms with E-state index in [4.69, 9.17) is 10.7 Å². The molecule has 0 bridgehead atoms. The van der Waals surface area contributed by atoms with Crippen molar-refractivity contribution in [1.82, 2.24) is 24.4 Å². The van der Waals surface area contributed by atoms with Gasteiger partial charge in [-0.2, -0.15) is 9.67 Å². The normalized spacial score (nSPS) is 13.2. The van der Waals surface area contributed by atoms with E-state index in [0.717, 1.165) is 33.9 Å². The molecule has 0 aliphatic rings. The van der Waals surface area contributed by atoms with Gasteiger partial charge in [0.05, 0.1) is 11.2 Å². The second kappa shape index (κ2) is 4.64. The molecule has 4 aromatic rings. The van der Waals surface area contributed by atoms with Gasteiger partial charge in [-0.1, -0.05) is 17.3 Å². The van der Waals surface area contributed by atoms with Crippen molar-refractivity contribution in [2.45, 2.75) is 19.4 Å². The zero-order valence-electron chi connectivity index (χ0n) is 11.5. The van der Waals surface area contributed by atoms with Gasteiger partial charge in [-0.15, -0.1) is 16.4 Å². The van der Waals surface area contributed by atoms with Crippen LogP contribution in [0.1, 0.15) is 12.6 Å². The first-order valence-electron chi connectivity index (χ1n) is 6.75. The fourth-order valence-electron chi connectivity index (χ4n) is 2.51. The first kappa shape index (κ1) is 12.5. The van der Waals surface area contributed by atoms with Gasteiger partial charge in [-0.3, -0.25) is 4.40 Å². The van der Waals surface area contributed by atoms with Crippen LogP contribution in [0.4, 0.5) is 0 Å². The molecule has 6 nitrogen and oxygen atoms in total. The highest BCUT2D eigenvalue weighted by atomic mass is 32.1. The van der Waals surface area contributed by atoms with Crippen molar-refractivity contribution in [2.24, 2.45) is 5.73 Å². The highest BCUT2D eigenvalue weighted by Gasteiger charge is 2.18. The average molecular weight is 298 g/mol. The molecule has 0 aliphatic carbocycles. The predicted molar refractivity (Wildman–Crippen MR) is 82.8 cm³/mol. The molecule has 0 amide bonds. The molecule has 4 rings (SSSR count). The van der Waals surface area contributed by atoms with Crippen LogP contribution in [0.25, 0.3) is 21.8 Å². The van der Waals surface area contributed by atoms with Crippen molar-refractivity contribution in [3.8, 4) is 5.82 Å². The molecule has 2 N–H and O–H groups in total. The summed E-state index contributed by atoms with van der Waals surface area (Å²) in [4.78, 5) is 5.65. The third-order valence-corrected chi connectivity index (χ3v) is 4.16. The second-order valence-electron chi connectivity index (χ2n) is 5.11. The minimum absolute atomic E-state index is 0.0540. The number of rotatable bonds is 3. The minimum Gasteiger partial charge on any atom is -0.328 e. The molecule has 0 fully saturated rings. The molecule has 0 spiro atoms. The topological polar surface area (TPSA) is 74.0 Å². The summed E-state index contributed by atoms with van der Waals surface area (Å²) in [5.74, 6) is 0.813. The van der Waals surface area contributed by atoms with Gasteiger partial charge < -0.3 is 5.73 Å². The summed E-state index contributed by atoms with van der Waals surface area (Å²) in [5.41, 5.74) is 8.88. The van der Waals surface area contributed by atoms with Gasteiger partial charge in [0.15, 0.2) is 10.8 Å². The van der Waals surface area contributed by atoms with Crippen molar-refractivity contribution in [3.05, 3.63) is 41.5 Å². The number of aromatic nitrogens is 5. The maximum Gasteiger partial charge on any atom is 0.195 e. The number of hydrogen-bond acceptors (Lipinski definition) is 5. The smallest absolute Gasteiger partial charge is 0.195 e. The van der Waals surface area contributed by atoms with Crippen LogP contribution >= 0.6 is 11.3 Å². The average Bonchev–Trinajstić information content (AvgIpc) is 3.13. The SMILES string of the molecule is CC(N)Cc1c(-n2nnc3ccccc32)nc2sccn12. The zero-order valence-corrected chi connectivity index (χ0v) is 12.3. The Kier molecular flexibility index (Phi) is 2.76. The lowest BCUT2D eigenvalue weighted by Gasteiger charge is -2.07. The molecule has 0 saturated heterocycles. The van der Waals surface area contributed by atoms with E-state index < -0.39 is 0 Å². The number of nitrogens with zero attached hydrogens (tertiary/aromatic N) is 5. The third-order valence-electron chi connectivity index (χ3n) is 3.41. The molecule has 0 saturated carbocycles. The first-order chi connectivity index (χ1) is 10.2. The lowest BCUT2D eigenvalue weighted by atomic mass is 10.2. The van der Waals surface area contributed by atoms with Gasteiger partial charge in [0, 0.05) is 24.0 Å². The van der Waals surface area contributed by atoms with Crippen molar-refractivity contribution in [1.29, 1.82) is 0 Å². The van der Waals surface area contributed by atoms with Gasteiger partial charge in [0.2, 0.25) is 0 Å². The summed E-state index contributed by atoms with van der Waals surface area (Å²) in [6.07, 6.45) is 2.76. The van der Waals surface area contributed by atoms with Crippen LogP contribution in [0.2, 0.25) is 0 Å². The number of para-hydroxylation sites is 1. The Morgan fingerprint density at radius 2 is 2.19 bits per heavy atom.